The van der Waals surface area contributed by atoms with Crippen LogP contribution in [0.15, 0.2) is 48.5 Å². The Labute approximate surface area is 142 Å². The third kappa shape index (κ3) is 4.39. The molecular formula is C18H20Cl2N2. The van der Waals surface area contributed by atoms with E-state index in [4.69, 9.17) is 23.2 Å². The van der Waals surface area contributed by atoms with Crippen molar-refractivity contribution in [1.82, 2.24) is 4.90 Å². The molecule has 0 atom stereocenters. The highest BCUT2D eigenvalue weighted by Crippen LogP contribution is 2.21. The average Bonchev–Trinajstić information content (AvgIpc) is 2.52. The zero-order chi connectivity index (χ0) is 15.4. The first-order valence-corrected chi connectivity index (χ1v) is 8.43. The highest BCUT2D eigenvalue weighted by atomic mass is 35.5. The van der Waals surface area contributed by atoms with E-state index < -0.39 is 0 Å². The van der Waals surface area contributed by atoms with E-state index in [9.17, 15) is 0 Å². The van der Waals surface area contributed by atoms with Gasteiger partial charge in [-0.25, -0.2) is 0 Å². The molecule has 0 bridgehead atoms. The normalized spacial score (nSPS) is 16.6. The second-order valence-corrected chi connectivity index (χ2v) is 6.70. The van der Waals surface area contributed by atoms with Crippen molar-refractivity contribution in [3.8, 4) is 0 Å². The molecule has 1 fully saturated rings. The molecule has 1 N–H and O–H groups in total. The Hall–Kier alpha value is -1.22. The number of nitrogens with zero attached hydrogens (tertiary/aromatic N) is 1. The molecule has 4 heteroatoms. The van der Waals surface area contributed by atoms with Gasteiger partial charge in [0.1, 0.15) is 0 Å². The van der Waals surface area contributed by atoms with Crippen LogP contribution in [0.4, 0.5) is 5.69 Å². The number of rotatable bonds is 4. The van der Waals surface area contributed by atoms with E-state index >= 15 is 0 Å². The topological polar surface area (TPSA) is 15.3 Å². The highest BCUT2D eigenvalue weighted by molar-refractivity contribution is 6.31. The summed E-state index contributed by atoms with van der Waals surface area (Å²) in [5.74, 6) is 0. The Morgan fingerprint density at radius 1 is 0.955 bits per heavy atom. The number of halogens is 2. The monoisotopic (exact) mass is 334 g/mol. The Bertz CT molecular complexity index is 605. The van der Waals surface area contributed by atoms with Gasteiger partial charge in [0, 0.05) is 41.4 Å². The van der Waals surface area contributed by atoms with Gasteiger partial charge in [-0.15, -0.1) is 0 Å². The third-order valence-corrected chi connectivity index (χ3v) is 4.59. The standard InChI is InChI=1S/C18H20Cl2N2/c19-15-6-4-14(5-7-15)13-22-10-8-17(9-11-22)21-18-3-1-2-16(20)12-18/h1-7,12,17,21H,8-11,13H2. The van der Waals surface area contributed by atoms with Crippen LogP contribution >= 0.6 is 23.2 Å². The van der Waals surface area contributed by atoms with Gasteiger partial charge >= 0.3 is 0 Å². The van der Waals surface area contributed by atoms with Crippen molar-refractivity contribution in [2.24, 2.45) is 0 Å². The van der Waals surface area contributed by atoms with E-state index in [0.717, 1.165) is 48.2 Å². The number of hydrogen-bond donors (Lipinski definition) is 1. The molecular weight excluding hydrogens is 315 g/mol. The summed E-state index contributed by atoms with van der Waals surface area (Å²) < 4.78 is 0. The molecule has 2 nitrogen and oxygen atoms in total. The molecule has 1 aliphatic rings. The molecule has 3 rings (SSSR count). The summed E-state index contributed by atoms with van der Waals surface area (Å²) in [7, 11) is 0. The lowest BCUT2D eigenvalue weighted by atomic mass is 10.0. The van der Waals surface area contributed by atoms with Crippen LogP contribution in [-0.4, -0.2) is 24.0 Å². The van der Waals surface area contributed by atoms with Crippen LogP contribution < -0.4 is 5.32 Å². The summed E-state index contributed by atoms with van der Waals surface area (Å²) in [6.07, 6.45) is 2.31. The maximum absolute atomic E-state index is 6.03. The van der Waals surface area contributed by atoms with Crippen LogP contribution in [0.5, 0.6) is 0 Å². The number of likely N-dealkylation sites (tertiary alicyclic amines) is 1. The van der Waals surface area contributed by atoms with Crippen molar-refractivity contribution in [3.05, 3.63) is 64.1 Å². The van der Waals surface area contributed by atoms with Gasteiger partial charge < -0.3 is 5.32 Å². The van der Waals surface area contributed by atoms with Crippen molar-refractivity contribution < 1.29 is 0 Å². The van der Waals surface area contributed by atoms with Gasteiger partial charge in [0.25, 0.3) is 0 Å². The summed E-state index contributed by atoms with van der Waals surface area (Å²) in [6.45, 7) is 3.22. The minimum atomic E-state index is 0.528. The fourth-order valence-electron chi connectivity index (χ4n) is 2.90. The van der Waals surface area contributed by atoms with E-state index in [2.05, 4.69) is 28.4 Å². The third-order valence-electron chi connectivity index (χ3n) is 4.10. The Morgan fingerprint density at radius 2 is 1.68 bits per heavy atom. The average molecular weight is 335 g/mol. The van der Waals surface area contributed by atoms with E-state index in [1.54, 1.807) is 0 Å². The first kappa shape index (κ1) is 15.7. The van der Waals surface area contributed by atoms with Crippen molar-refractivity contribution in [2.75, 3.05) is 18.4 Å². The SMILES string of the molecule is Clc1ccc(CN2CCC(Nc3cccc(Cl)c3)CC2)cc1. The highest BCUT2D eigenvalue weighted by Gasteiger charge is 2.19. The van der Waals surface area contributed by atoms with Crippen LogP contribution in [0.2, 0.25) is 10.0 Å². The van der Waals surface area contributed by atoms with Gasteiger partial charge in [0.05, 0.1) is 0 Å². The van der Waals surface area contributed by atoms with Crippen molar-refractivity contribution >= 4 is 28.9 Å². The Morgan fingerprint density at radius 3 is 2.36 bits per heavy atom. The summed E-state index contributed by atoms with van der Waals surface area (Å²) in [4.78, 5) is 2.50. The van der Waals surface area contributed by atoms with E-state index in [1.807, 2.05) is 30.3 Å². The molecule has 22 heavy (non-hydrogen) atoms. The van der Waals surface area contributed by atoms with Crippen LogP contribution in [0, 0.1) is 0 Å². The summed E-state index contributed by atoms with van der Waals surface area (Å²) in [5, 5.41) is 5.17. The number of nitrogens with one attached hydrogen (secondary N) is 1. The molecule has 0 unspecified atom stereocenters. The molecule has 0 aromatic heterocycles. The summed E-state index contributed by atoms with van der Waals surface area (Å²) in [6, 6.07) is 16.6. The van der Waals surface area contributed by atoms with Gasteiger partial charge in [-0.3, -0.25) is 4.90 Å². The number of anilines is 1. The lowest BCUT2D eigenvalue weighted by Crippen LogP contribution is -2.38. The van der Waals surface area contributed by atoms with Crippen molar-refractivity contribution in [2.45, 2.75) is 25.4 Å². The molecule has 2 aromatic carbocycles. The maximum Gasteiger partial charge on any atom is 0.0426 e. The maximum atomic E-state index is 6.03. The zero-order valence-electron chi connectivity index (χ0n) is 12.4. The van der Waals surface area contributed by atoms with Gasteiger partial charge in [-0.2, -0.15) is 0 Å². The Balaban J connectivity index is 1.49. The zero-order valence-corrected chi connectivity index (χ0v) is 13.9. The number of hydrogen-bond acceptors (Lipinski definition) is 2. The van der Waals surface area contributed by atoms with Gasteiger partial charge in [-0.1, -0.05) is 41.4 Å². The second-order valence-electron chi connectivity index (χ2n) is 5.83. The molecule has 1 heterocycles. The molecule has 0 amide bonds. The van der Waals surface area contributed by atoms with Crippen molar-refractivity contribution in [3.63, 3.8) is 0 Å². The minimum absolute atomic E-state index is 0.528. The van der Waals surface area contributed by atoms with Gasteiger partial charge in [-0.05, 0) is 48.7 Å². The summed E-state index contributed by atoms with van der Waals surface area (Å²) in [5.41, 5.74) is 2.44. The largest absolute Gasteiger partial charge is 0.382 e. The van der Waals surface area contributed by atoms with E-state index in [1.165, 1.54) is 5.56 Å². The fourth-order valence-corrected chi connectivity index (χ4v) is 3.21. The number of benzene rings is 2. The van der Waals surface area contributed by atoms with Gasteiger partial charge in [0.15, 0.2) is 0 Å². The molecule has 0 spiro atoms. The molecule has 0 aliphatic carbocycles. The molecule has 1 saturated heterocycles. The minimum Gasteiger partial charge on any atom is -0.382 e. The fraction of sp³-hybridized carbons (Fsp3) is 0.333. The van der Waals surface area contributed by atoms with Crippen LogP contribution in [-0.2, 0) is 6.54 Å². The molecule has 1 aliphatic heterocycles. The van der Waals surface area contributed by atoms with Crippen LogP contribution in [0.25, 0.3) is 0 Å². The molecule has 116 valence electrons. The quantitative estimate of drug-likeness (QED) is 0.839. The number of piperidine rings is 1. The van der Waals surface area contributed by atoms with Crippen molar-refractivity contribution in [1.29, 1.82) is 0 Å². The van der Waals surface area contributed by atoms with Gasteiger partial charge in [0.2, 0.25) is 0 Å². The summed E-state index contributed by atoms with van der Waals surface area (Å²) >= 11 is 12.0. The molecule has 2 aromatic rings. The van der Waals surface area contributed by atoms with E-state index in [-0.39, 0.29) is 0 Å². The predicted molar refractivity (Wildman–Crippen MR) is 94.8 cm³/mol. The van der Waals surface area contributed by atoms with Crippen LogP contribution in [0.1, 0.15) is 18.4 Å². The second kappa shape index (κ2) is 7.36. The predicted octanol–water partition coefficient (Wildman–Crippen LogP) is 5.07. The van der Waals surface area contributed by atoms with Crippen LogP contribution in [0.3, 0.4) is 0 Å². The lowest BCUT2D eigenvalue weighted by molar-refractivity contribution is 0.211. The molecule has 0 radical (unpaired) electrons. The smallest absolute Gasteiger partial charge is 0.0426 e. The first-order valence-electron chi connectivity index (χ1n) is 7.68. The Kier molecular flexibility index (Phi) is 5.24. The lowest BCUT2D eigenvalue weighted by Gasteiger charge is -2.33. The van der Waals surface area contributed by atoms with E-state index in [0.29, 0.717) is 6.04 Å². The first-order chi connectivity index (χ1) is 10.7. The molecule has 0 saturated carbocycles.